The van der Waals surface area contributed by atoms with Gasteiger partial charge in [-0.25, -0.2) is 9.37 Å². The summed E-state index contributed by atoms with van der Waals surface area (Å²) < 4.78 is 14.3. The number of hydrogen-bond acceptors (Lipinski definition) is 9. The van der Waals surface area contributed by atoms with E-state index in [0.717, 1.165) is 51.0 Å². The van der Waals surface area contributed by atoms with Crippen LogP contribution in [-0.4, -0.2) is 80.6 Å². The fourth-order valence-electron chi connectivity index (χ4n) is 5.68. The van der Waals surface area contributed by atoms with Crippen LogP contribution in [0.2, 0.25) is 5.02 Å². The maximum Gasteiger partial charge on any atom is 0.275 e. The molecule has 3 atom stereocenters. The average molecular weight is 551 g/mol. The Bertz CT molecular complexity index is 1480. The third-order valence-corrected chi connectivity index (χ3v) is 8.12. The van der Waals surface area contributed by atoms with Crippen LogP contribution in [0.4, 0.5) is 33.3 Å². The molecule has 3 aromatic rings. The zero-order valence-electron chi connectivity index (χ0n) is 21.2. The Balaban J connectivity index is 1.28. The molecule has 202 valence electrons. The second-order valence-corrected chi connectivity index (χ2v) is 10.8. The summed E-state index contributed by atoms with van der Waals surface area (Å²) in [7, 11) is 0. The highest BCUT2D eigenvalue weighted by atomic mass is 35.5. The molecule has 39 heavy (non-hydrogen) atoms. The minimum Gasteiger partial charge on any atom is -0.389 e. The molecule has 0 amide bonds. The largest absolute Gasteiger partial charge is 0.389 e. The standard InChI is InChI=1S/C26H28ClFN10O/c1-30-22-12-31-25-24(32-17-2-3-17)34-26(35-38(22)25)33-19-8-15(11-29)9-21(23(19)27)36-7-5-20-16(13-36)4-6-37(20)14-18(39)10-28/h8-9,12,16-18,20,39H,2-7,10,13-14H2,(H2,32,33,34,35)/t16?,18-,20?/m0/s1. The first-order valence-electron chi connectivity index (χ1n) is 13.1. The van der Waals surface area contributed by atoms with Crippen molar-refractivity contribution in [3.8, 4) is 6.07 Å². The molecule has 3 N–H and O–H groups in total. The predicted octanol–water partition coefficient (Wildman–Crippen LogP) is 3.75. The van der Waals surface area contributed by atoms with Crippen LogP contribution in [-0.2, 0) is 0 Å². The quantitative estimate of drug-likeness (QED) is 0.360. The molecule has 1 saturated carbocycles. The summed E-state index contributed by atoms with van der Waals surface area (Å²) in [5, 5.41) is 31.0. The Hall–Kier alpha value is -3.71. The molecule has 2 saturated heterocycles. The molecule has 0 bridgehead atoms. The number of hydrogen-bond donors (Lipinski definition) is 3. The van der Waals surface area contributed by atoms with Crippen LogP contribution in [0.25, 0.3) is 10.5 Å². The normalized spacial score (nSPS) is 21.8. The van der Waals surface area contributed by atoms with Gasteiger partial charge in [-0.15, -0.1) is 4.52 Å². The number of β-amino-alcohol motifs (C(OH)–C–C–N with tert-alkyl or cyclic N) is 1. The lowest BCUT2D eigenvalue weighted by Gasteiger charge is -2.40. The monoisotopic (exact) mass is 550 g/mol. The number of nitrogens with zero attached hydrogens (tertiary/aromatic N) is 8. The smallest absolute Gasteiger partial charge is 0.275 e. The van der Waals surface area contributed by atoms with Gasteiger partial charge in [0.05, 0.1) is 40.3 Å². The summed E-state index contributed by atoms with van der Waals surface area (Å²) in [6.07, 6.45) is 4.41. The number of fused-ring (bicyclic) bond motifs is 2. The van der Waals surface area contributed by atoms with E-state index in [9.17, 15) is 14.8 Å². The third kappa shape index (κ3) is 5.03. The zero-order valence-corrected chi connectivity index (χ0v) is 21.9. The van der Waals surface area contributed by atoms with Gasteiger partial charge in [0.25, 0.3) is 17.4 Å². The molecule has 2 unspecified atom stereocenters. The van der Waals surface area contributed by atoms with Crippen LogP contribution in [0.3, 0.4) is 0 Å². The summed E-state index contributed by atoms with van der Waals surface area (Å²) in [5.41, 5.74) is 2.16. The highest BCUT2D eigenvalue weighted by Gasteiger charge is 2.39. The molecular weight excluding hydrogens is 523 g/mol. The van der Waals surface area contributed by atoms with E-state index in [1.165, 1.54) is 10.7 Å². The molecule has 13 heteroatoms. The van der Waals surface area contributed by atoms with Gasteiger partial charge in [0.15, 0.2) is 5.82 Å². The van der Waals surface area contributed by atoms with Gasteiger partial charge in [0.1, 0.15) is 6.67 Å². The number of nitriles is 1. The maximum atomic E-state index is 12.9. The van der Waals surface area contributed by atoms with Crippen LogP contribution in [0.5, 0.6) is 0 Å². The SMILES string of the molecule is [C-]#[N+]c1cnc2c(NC3CC3)nc(Nc3cc(C#N)cc(N4CCC5C(CCN5C[C@@H](O)CF)C4)c3Cl)nn12. The van der Waals surface area contributed by atoms with Gasteiger partial charge in [-0.2, -0.15) is 10.2 Å². The molecular formula is C26H28ClFN10O. The molecule has 0 radical (unpaired) electrons. The van der Waals surface area contributed by atoms with E-state index in [4.69, 9.17) is 18.2 Å². The van der Waals surface area contributed by atoms with Crippen molar-refractivity contribution in [3.05, 3.63) is 40.3 Å². The summed E-state index contributed by atoms with van der Waals surface area (Å²) in [6.45, 7) is 9.38. The van der Waals surface area contributed by atoms with Crippen LogP contribution in [0, 0.1) is 23.8 Å². The molecule has 6 rings (SSSR count). The van der Waals surface area contributed by atoms with Crippen molar-refractivity contribution in [2.75, 3.05) is 48.4 Å². The van der Waals surface area contributed by atoms with Gasteiger partial charge in [-0.1, -0.05) is 23.3 Å². The van der Waals surface area contributed by atoms with E-state index in [1.54, 1.807) is 12.1 Å². The van der Waals surface area contributed by atoms with Crippen LogP contribution < -0.4 is 15.5 Å². The first kappa shape index (κ1) is 25.6. The van der Waals surface area contributed by atoms with E-state index in [1.807, 2.05) is 0 Å². The van der Waals surface area contributed by atoms with Gasteiger partial charge in [-0.3, -0.25) is 4.90 Å². The molecule has 3 aliphatic rings. The fourth-order valence-corrected chi connectivity index (χ4v) is 5.95. The number of halogens is 2. The Labute approximate surface area is 230 Å². The topological polar surface area (TPSA) is 122 Å². The Morgan fingerprint density at radius 1 is 1.28 bits per heavy atom. The van der Waals surface area contributed by atoms with Gasteiger partial charge in [0.2, 0.25) is 0 Å². The molecule has 4 heterocycles. The third-order valence-electron chi connectivity index (χ3n) is 7.72. The number of benzene rings is 1. The van der Waals surface area contributed by atoms with Crippen molar-refractivity contribution in [2.45, 2.75) is 43.9 Å². The number of piperidine rings is 1. The molecule has 0 spiro atoms. The summed E-state index contributed by atoms with van der Waals surface area (Å²) in [5.74, 6) is 1.38. The van der Waals surface area contributed by atoms with Gasteiger partial charge >= 0.3 is 0 Å². The van der Waals surface area contributed by atoms with Crippen LogP contribution >= 0.6 is 11.6 Å². The first-order chi connectivity index (χ1) is 19.0. The number of alkyl halides is 1. The number of anilines is 4. The molecule has 2 aliphatic heterocycles. The number of imidazole rings is 1. The van der Waals surface area contributed by atoms with E-state index in [0.29, 0.717) is 52.3 Å². The first-order valence-corrected chi connectivity index (χ1v) is 13.5. The fraction of sp³-hybridized carbons (Fsp3) is 0.500. The maximum absolute atomic E-state index is 12.9. The Morgan fingerprint density at radius 2 is 2.13 bits per heavy atom. The van der Waals surface area contributed by atoms with Gasteiger partial charge in [-0.05, 0) is 50.3 Å². The highest BCUT2D eigenvalue weighted by molar-refractivity contribution is 6.36. The lowest BCUT2D eigenvalue weighted by atomic mass is 9.92. The van der Waals surface area contributed by atoms with Crippen LogP contribution in [0.1, 0.15) is 31.2 Å². The van der Waals surface area contributed by atoms with Crippen LogP contribution in [0.15, 0.2) is 18.3 Å². The molecule has 1 aliphatic carbocycles. The Kier molecular flexibility index (Phi) is 6.85. The Morgan fingerprint density at radius 3 is 2.87 bits per heavy atom. The summed E-state index contributed by atoms with van der Waals surface area (Å²) >= 11 is 6.93. The van der Waals surface area contributed by atoms with Gasteiger partial charge < -0.3 is 25.5 Å². The van der Waals surface area contributed by atoms with E-state index >= 15 is 0 Å². The molecule has 1 aromatic carbocycles. The number of aliphatic hydroxyl groups excluding tert-OH is 1. The van der Waals surface area contributed by atoms with E-state index in [2.05, 4.69) is 46.4 Å². The summed E-state index contributed by atoms with van der Waals surface area (Å²) in [6, 6.07) is 6.30. The molecule has 3 fully saturated rings. The predicted molar refractivity (Wildman–Crippen MR) is 145 cm³/mol. The minimum atomic E-state index is -0.952. The minimum absolute atomic E-state index is 0.230. The second kappa shape index (κ2) is 10.5. The lowest BCUT2D eigenvalue weighted by molar-refractivity contribution is 0.0756. The number of rotatable bonds is 8. The number of likely N-dealkylation sites (tertiary alicyclic amines) is 1. The second-order valence-electron chi connectivity index (χ2n) is 10.4. The number of aromatic nitrogens is 4. The van der Waals surface area contributed by atoms with Crippen molar-refractivity contribution in [1.82, 2.24) is 24.5 Å². The molecule has 11 nitrogen and oxygen atoms in total. The van der Waals surface area contributed by atoms with Crippen molar-refractivity contribution in [1.29, 1.82) is 5.26 Å². The lowest BCUT2D eigenvalue weighted by Crippen LogP contribution is -2.47. The number of aliphatic hydroxyl groups is 1. The average Bonchev–Trinajstić information content (AvgIpc) is 3.53. The van der Waals surface area contributed by atoms with Crippen molar-refractivity contribution in [3.63, 3.8) is 0 Å². The van der Waals surface area contributed by atoms with E-state index in [-0.39, 0.29) is 11.8 Å². The number of nitrogens with one attached hydrogen (secondary N) is 2. The van der Waals surface area contributed by atoms with Gasteiger partial charge in [0, 0.05) is 31.7 Å². The van der Waals surface area contributed by atoms with Crippen molar-refractivity contribution < 1.29 is 9.50 Å². The summed E-state index contributed by atoms with van der Waals surface area (Å²) in [4.78, 5) is 16.8. The van der Waals surface area contributed by atoms with E-state index < -0.39 is 12.8 Å². The van der Waals surface area contributed by atoms with Crippen molar-refractivity contribution >= 4 is 46.2 Å². The molecule has 2 aromatic heterocycles. The zero-order chi connectivity index (χ0) is 27.1. The highest BCUT2D eigenvalue weighted by Crippen LogP contribution is 2.40. The van der Waals surface area contributed by atoms with Crippen molar-refractivity contribution in [2.24, 2.45) is 5.92 Å².